The van der Waals surface area contributed by atoms with Gasteiger partial charge in [0, 0.05) is 11.1 Å². The number of aliphatic hydroxyl groups excluding tert-OH is 1. The number of nitrogens with zero attached hydrogens (tertiary/aromatic N) is 1. The van der Waals surface area contributed by atoms with Gasteiger partial charge in [0.25, 0.3) is 5.69 Å². The Labute approximate surface area is 148 Å². The zero-order chi connectivity index (χ0) is 18.2. The van der Waals surface area contributed by atoms with Crippen LogP contribution < -0.4 is 4.72 Å². The van der Waals surface area contributed by atoms with Crippen molar-refractivity contribution < 1.29 is 18.4 Å². The molecule has 0 saturated carbocycles. The molecule has 0 aliphatic carbocycles. The van der Waals surface area contributed by atoms with Crippen molar-refractivity contribution in [3.05, 3.63) is 80.6 Å². The summed E-state index contributed by atoms with van der Waals surface area (Å²) in [5.74, 6) is -0.441. The fourth-order valence-electron chi connectivity index (χ4n) is 2.70. The molecule has 0 saturated heterocycles. The zero-order valence-electron chi connectivity index (χ0n) is 12.7. The predicted octanol–water partition coefficient (Wildman–Crippen LogP) is 3.02. The smallest absolute Gasteiger partial charge is 0.278 e. The Morgan fingerprint density at radius 1 is 1.16 bits per heavy atom. The van der Waals surface area contributed by atoms with E-state index in [9.17, 15) is 23.6 Å². The molecule has 1 heterocycles. The van der Waals surface area contributed by atoms with Gasteiger partial charge in [-0.25, -0.2) is 8.42 Å². The molecule has 1 aliphatic heterocycles. The number of benzene rings is 2. The van der Waals surface area contributed by atoms with E-state index < -0.39 is 31.7 Å². The standard InChI is InChI=1S/C16H13ClN2O5S/c17-11-7-5-10(6-8-11)9-13-15(20)16(25(23,24)18-13)12-3-1-2-4-14(12)19(21)22/h1-8,13,18,20H,9H2. The van der Waals surface area contributed by atoms with Gasteiger partial charge < -0.3 is 5.11 Å². The van der Waals surface area contributed by atoms with E-state index in [1.807, 2.05) is 0 Å². The average Bonchev–Trinajstić information content (AvgIpc) is 2.78. The first-order valence-corrected chi connectivity index (χ1v) is 9.09. The van der Waals surface area contributed by atoms with Crippen LogP contribution in [0.1, 0.15) is 11.1 Å². The van der Waals surface area contributed by atoms with Crippen LogP contribution in [0.3, 0.4) is 0 Å². The van der Waals surface area contributed by atoms with E-state index in [-0.39, 0.29) is 17.7 Å². The first-order valence-electron chi connectivity index (χ1n) is 7.23. The zero-order valence-corrected chi connectivity index (χ0v) is 14.3. The van der Waals surface area contributed by atoms with Crippen molar-refractivity contribution in [1.29, 1.82) is 0 Å². The lowest BCUT2D eigenvalue weighted by Gasteiger charge is -2.10. The van der Waals surface area contributed by atoms with Crippen LogP contribution in [0.25, 0.3) is 4.91 Å². The van der Waals surface area contributed by atoms with Gasteiger partial charge in [-0.15, -0.1) is 0 Å². The predicted molar refractivity (Wildman–Crippen MR) is 93.6 cm³/mol. The number of hydrogen-bond acceptors (Lipinski definition) is 5. The van der Waals surface area contributed by atoms with Gasteiger partial charge in [0.05, 0.1) is 16.5 Å². The van der Waals surface area contributed by atoms with Crippen molar-refractivity contribution in [2.24, 2.45) is 0 Å². The number of para-hydroxylation sites is 1. The second-order valence-corrected chi connectivity index (χ2v) is 7.58. The minimum atomic E-state index is -4.07. The SMILES string of the molecule is O=[N+]([O-])c1ccccc1C1=C(O)C(Cc2ccc(Cl)cc2)NS1(=O)=O. The number of aliphatic hydroxyl groups is 1. The summed E-state index contributed by atoms with van der Waals surface area (Å²) in [5, 5.41) is 22.2. The van der Waals surface area contributed by atoms with E-state index in [2.05, 4.69) is 4.72 Å². The second kappa shape index (κ2) is 6.47. The Morgan fingerprint density at radius 3 is 2.44 bits per heavy atom. The lowest BCUT2D eigenvalue weighted by atomic mass is 10.0. The summed E-state index contributed by atoms with van der Waals surface area (Å²) in [6, 6.07) is 11.2. The second-order valence-electron chi connectivity index (χ2n) is 5.49. The van der Waals surface area contributed by atoms with Crippen molar-refractivity contribution in [3.63, 3.8) is 0 Å². The number of sulfonamides is 1. The molecule has 0 amide bonds. The van der Waals surface area contributed by atoms with Gasteiger partial charge in [0.2, 0.25) is 10.0 Å². The van der Waals surface area contributed by atoms with E-state index in [0.29, 0.717) is 5.02 Å². The number of halogens is 1. The molecule has 0 spiro atoms. The van der Waals surface area contributed by atoms with Gasteiger partial charge in [-0.3, -0.25) is 10.1 Å². The molecular weight excluding hydrogens is 368 g/mol. The number of hydrogen-bond donors (Lipinski definition) is 2. The topological polar surface area (TPSA) is 110 Å². The Kier molecular flexibility index (Phi) is 4.51. The van der Waals surface area contributed by atoms with Crippen LogP contribution in [0.4, 0.5) is 5.69 Å². The normalized spacial score (nSPS) is 19.2. The lowest BCUT2D eigenvalue weighted by molar-refractivity contribution is -0.385. The molecule has 9 heteroatoms. The third-order valence-corrected chi connectivity index (χ3v) is 5.64. The molecule has 3 rings (SSSR count). The highest BCUT2D eigenvalue weighted by Gasteiger charge is 2.40. The molecule has 0 fully saturated rings. The largest absolute Gasteiger partial charge is 0.509 e. The third kappa shape index (κ3) is 3.37. The van der Waals surface area contributed by atoms with Gasteiger partial charge >= 0.3 is 0 Å². The van der Waals surface area contributed by atoms with E-state index in [1.165, 1.54) is 24.3 Å². The molecule has 25 heavy (non-hydrogen) atoms. The average molecular weight is 381 g/mol. The maximum Gasteiger partial charge on any atom is 0.278 e. The minimum Gasteiger partial charge on any atom is -0.509 e. The van der Waals surface area contributed by atoms with Crippen molar-refractivity contribution in [2.45, 2.75) is 12.5 Å². The molecule has 0 radical (unpaired) electrons. The highest BCUT2D eigenvalue weighted by Crippen LogP contribution is 2.36. The van der Waals surface area contributed by atoms with E-state index >= 15 is 0 Å². The quantitative estimate of drug-likeness (QED) is 0.625. The Morgan fingerprint density at radius 2 is 1.80 bits per heavy atom. The monoisotopic (exact) mass is 380 g/mol. The fourth-order valence-corrected chi connectivity index (χ4v) is 4.39. The van der Waals surface area contributed by atoms with Gasteiger partial charge in [0.15, 0.2) is 0 Å². The molecule has 0 aromatic heterocycles. The maximum atomic E-state index is 12.4. The van der Waals surface area contributed by atoms with E-state index in [4.69, 9.17) is 11.6 Å². The summed E-state index contributed by atoms with van der Waals surface area (Å²) in [4.78, 5) is 10.0. The van der Waals surface area contributed by atoms with Crippen molar-refractivity contribution in [2.75, 3.05) is 0 Å². The van der Waals surface area contributed by atoms with Crippen LogP contribution >= 0.6 is 11.6 Å². The van der Waals surface area contributed by atoms with Crippen LogP contribution in [0.2, 0.25) is 5.02 Å². The van der Waals surface area contributed by atoms with Gasteiger partial charge in [-0.1, -0.05) is 35.9 Å². The molecule has 1 aliphatic rings. The summed E-state index contributed by atoms with van der Waals surface area (Å²) in [6.45, 7) is 0. The Hall–Kier alpha value is -2.42. The van der Waals surface area contributed by atoms with Gasteiger partial charge in [-0.2, -0.15) is 4.72 Å². The first-order chi connectivity index (χ1) is 11.8. The van der Waals surface area contributed by atoms with Crippen molar-refractivity contribution >= 4 is 32.2 Å². The number of rotatable bonds is 4. The first kappa shape index (κ1) is 17.4. The van der Waals surface area contributed by atoms with Gasteiger partial charge in [-0.05, 0) is 30.2 Å². The third-order valence-electron chi connectivity index (χ3n) is 3.83. The minimum absolute atomic E-state index is 0.142. The Balaban J connectivity index is 2.04. The summed E-state index contributed by atoms with van der Waals surface area (Å²) < 4.78 is 27.2. The van der Waals surface area contributed by atoms with Crippen LogP contribution in [-0.2, 0) is 16.4 Å². The lowest BCUT2D eigenvalue weighted by Crippen LogP contribution is -2.30. The summed E-state index contributed by atoms with van der Waals surface area (Å²) in [7, 11) is -4.07. The number of nitrogens with one attached hydrogen (secondary N) is 1. The van der Waals surface area contributed by atoms with Crippen LogP contribution in [-0.4, -0.2) is 24.5 Å². The summed E-state index contributed by atoms with van der Waals surface area (Å²) >= 11 is 5.82. The highest BCUT2D eigenvalue weighted by molar-refractivity contribution is 7.99. The molecule has 2 N–H and O–H groups in total. The van der Waals surface area contributed by atoms with Gasteiger partial charge in [0.1, 0.15) is 10.7 Å². The van der Waals surface area contributed by atoms with Crippen molar-refractivity contribution in [3.8, 4) is 0 Å². The molecular formula is C16H13ClN2O5S. The molecule has 7 nitrogen and oxygen atoms in total. The fraction of sp³-hybridized carbons (Fsp3) is 0.125. The van der Waals surface area contributed by atoms with Crippen LogP contribution in [0.15, 0.2) is 54.3 Å². The van der Waals surface area contributed by atoms with E-state index in [0.717, 1.165) is 5.56 Å². The van der Waals surface area contributed by atoms with Crippen molar-refractivity contribution in [1.82, 2.24) is 4.72 Å². The Bertz CT molecular complexity index is 970. The summed E-state index contributed by atoms with van der Waals surface area (Å²) in [5.41, 5.74) is 0.227. The van der Waals surface area contributed by atoms with Crippen LogP contribution in [0.5, 0.6) is 0 Å². The molecule has 0 bridgehead atoms. The molecule has 2 aromatic carbocycles. The van der Waals surface area contributed by atoms with E-state index in [1.54, 1.807) is 24.3 Å². The number of nitro benzene ring substituents is 1. The molecule has 1 unspecified atom stereocenters. The molecule has 2 aromatic rings. The maximum absolute atomic E-state index is 12.4. The number of nitro groups is 1. The molecule has 130 valence electrons. The molecule has 1 atom stereocenters. The highest BCUT2D eigenvalue weighted by atomic mass is 35.5. The summed E-state index contributed by atoms with van der Waals surface area (Å²) in [6.07, 6.45) is 0.187. The van der Waals surface area contributed by atoms with Crippen LogP contribution in [0, 0.1) is 10.1 Å².